The van der Waals surface area contributed by atoms with Crippen LogP contribution >= 0.6 is 0 Å². The Morgan fingerprint density at radius 3 is 2.56 bits per heavy atom. The SMILES string of the molecule is CCCC(C)C(=O)NC(C)CCN1CCOCC1. The first kappa shape index (κ1) is 15.4. The van der Waals surface area contributed by atoms with Gasteiger partial charge in [-0.15, -0.1) is 0 Å². The fourth-order valence-electron chi connectivity index (χ4n) is 2.22. The Balaban J connectivity index is 2.15. The molecule has 1 saturated heterocycles. The second-order valence-corrected chi connectivity index (χ2v) is 5.34. The molecule has 0 radical (unpaired) electrons. The number of morpholine rings is 1. The standard InChI is InChI=1S/C14H28N2O2/c1-4-5-12(2)14(17)15-13(3)6-7-16-8-10-18-11-9-16/h12-13H,4-11H2,1-3H3,(H,15,17). The molecule has 2 unspecified atom stereocenters. The molecule has 1 aliphatic heterocycles. The number of nitrogens with zero attached hydrogens (tertiary/aromatic N) is 1. The van der Waals surface area contributed by atoms with E-state index in [9.17, 15) is 4.79 Å². The van der Waals surface area contributed by atoms with Crippen molar-refractivity contribution in [3.05, 3.63) is 0 Å². The molecule has 1 N–H and O–H groups in total. The van der Waals surface area contributed by atoms with E-state index in [1.54, 1.807) is 0 Å². The molecule has 1 fully saturated rings. The first-order chi connectivity index (χ1) is 8.63. The van der Waals surface area contributed by atoms with E-state index in [0.717, 1.165) is 52.1 Å². The van der Waals surface area contributed by atoms with Gasteiger partial charge in [-0.25, -0.2) is 0 Å². The molecule has 1 heterocycles. The molecule has 0 saturated carbocycles. The van der Waals surface area contributed by atoms with E-state index in [0.29, 0.717) is 0 Å². The van der Waals surface area contributed by atoms with E-state index in [4.69, 9.17) is 4.74 Å². The predicted octanol–water partition coefficient (Wildman–Crippen LogP) is 1.65. The van der Waals surface area contributed by atoms with Crippen LogP contribution in [0, 0.1) is 5.92 Å². The fourth-order valence-corrected chi connectivity index (χ4v) is 2.22. The summed E-state index contributed by atoms with van der Waals surface area (Å²) in [5.41, 5.74) is 0. The number of amides is 1. The molecule has 4 heteroatoms. The Kier molecular flexibility index (Phi) is 7.28. The third-order valence-corrected chi connectivity index (χ3v) is 3.54. The average Bonchev–Trinajstić information content (AvgIpc) is 2.38. The maximum absolute atomic E-state index is 11.8. The van der Waals surface area contributed by atoms with Crippen molar-refractivity contribution in [2.45, 2.75) is 46.1 Å². The van der Waals surface area contributed by atoms with Gasteiger partial charge in [-0.05, 0) is 19.8 Å². The van der Waals surface area contributed by atoms with Gasteiger partial charge in [0, 0.05) is 31.6 Å². The summed E-state index contributed by atoms with van der Waals surface area (Å²) in [6.45, 7) is 11.0. The number of hydrogen-bond donors (Lipinski definition) is 1. The summed E-state index contributed by atoms with van der Waals surface area (Å²) in [6, 6.07) is 0.264. The minimum absolute atomic E-state index is 0.140. The topological polar surface area (TPSA) is 41.6 Å². The number of ether oxygens (including phenoxy) is 1. The predicted molar refractivity (Wildman–Crippen MR) is 73.6 cm³/mol. The summed E-state index contributed by atoms with van der Waals surface area (Å²) in [4.78, 5) is 14.3. The summed E-state index contributed by atoms with van der Waals surface area (Å²) in [5, 5.41) is 3.11. The minimum Gasteiger partial charge on any atom is -0.379 e. The van der Waals surface area contributed by atoms with Crippen LogP contribution in [0.3, 0.4) is 0 Å². The largest absolute Gasteiger partial charge is 0.379 e. The van der Waals surface area contributed by atoms with Gasteiger partial charge in [-0.3, -0.25) is 9.69 Å². The van der Waals surface area contributed by atoms with Crippen LogP contribution in [0.15, 0.2) is 0 Å². The molecule has 1 aliphatic rings. The molecule has 0 aromatic heterocycles. The molecule has 4 nitrogen and oxygen atoms in total. The Morgan fingerprint density at radius 2 is 1.94 bits per heavy atom. The quantitative estimate of drug-likeness (QED) is 0.753. The molecule has 106 valence electrons. The lowest BCUT2D eigenvalue weighted by molar-refractivity contribution is -0.125. The first-order valence-electron chi connectivity index (χ1n) is 7.24. The van der Waals surface area contributed by atoms with Crippen LogP contribution in [0.1, 0.15) is 40.0 Å². The van der Waals surface area contributed by atoms with Crippen molar-refractivity contribution in [1.29, 1.82) is 0 Å². The van der Waals surface area contributed by atoms with E-state index >= 15 is 0 Å². The number of rotatable bonds is 7. The summed E-state index contributed by atoms with van der Waals surface area (Å²) in [5.74, 6) is 0.340. The second-order valence-electron chi connectivity index (χ2n) is 5.34. The third kappa shape index (κ3) is 5.83. The van der Waals surface area contributed by atoms with Crippen LogP contribution in [0.4, 0.5) is 0 Å². The minimum atomic E-state index is 0.140. The molecule has 1 amide bonds. The van der Waals surface area contributed by atoms with Crippen LogP contribution in [0.25, 0.3) is 0 Å². The summed E-state index contributed by atoms with van der Waals surface area (Å²) in [7, 11) is 0. The number of nitrogens with one attached hydrogen (secondary N) is 1. The van der Waals surface area contributed by atoms with Crippen molar-refractivity contribution >= 4 is 5.91 Å². The fraction of sp³-hybridized carbons (Fsp3) is 0.929. The van der Waals surface area contributed by atoms with Gasteiger partial charge in [-0.1, -0.05) is 20.3 Å². The lowest BCUT2D eigenvalue weighted by Crippen LogP contribution is -2.41. The maximum Gasteiger partial charge on any atom is 0.223 e. The van der Waals surface area contributed by atoms with Gasteiger partial charge in [0.25, 0.3) is 0 Å². The Morgan fingerprint density at radius 1 is 1.28 bits per heavy atom. The highest BCUT2D eigenvalue weighted by molar-refractivity contribution is 5.78. The van der Waals surface area contributed by atoms with Crippen LogP contribution in [-0.2, 0) is 9.53 Å². The average molecular weight is 256 g/mol. The van der Waals surface area contributed by atoms with E-state index in [2.05, 4.69) is 24.1 Å². The highest BCUT2D eigenvalue weighted by atomic mass is 16.5. The summed E-state index contributed by atoms with van der Waals surface area (Å²) < 4.78 is 5.32. The Bertz CT molecular complexity index is 240. The zero-order valence-electron chi connectivity index (χ0n) is 12.1. The third-order valence-electron chi connectivity index (χ3n) is 3.54. The molecule has 0 aromatic carbocycles. The Labute approximate surface area is 111 Å². The van der Waals surface area contributed by atoms with E-state index < -0.39 is 0 Å². The molecule has 2 atom stereocenters. The van der Waals surface area contributed by atoms with Gasteiger partial charge in [-0.2, -0.15) is 0 Å². The lowest BCUT2D eigenvalue weighted by Gasteiger charge is -2.28. The molecule has 0 aromatic rings. The van der Waals surface area contributed by atoms with Crippen molar-refractivity contribution in [3.63, 3.8) is 0 Å². The number of carbonyl (C=O) groups is 1. The van der Waals surface area contributed by atoms with Gasteiger partial charge < -0.3 is 10.1 Å². The van der Waals surface area contributed by atoms with Gasteiger partial charge in [0.05, 0.1) is 13.2 Å². The Hall–Kier alpha value is -0.610. The number of carbonyl (C=O) groups excluding carboxylic acids is 1. The molecule has 0 bridgehead atoms. The number of hydrogen-bond acceptors (Lipinski definition) is 3. The van der Waals surface area contributed by atoms with E-state index in [1.165, 1.54) is 0 Å². The van der Waals surface area contributed by atoms with Crippen molar-refractivity contribution in [3.8, 4) is 0 Å². The van der Waals surface area contributed by atoms with Crippen LogP contribution in [-0.4, -0.2) is 49.7 Å². The maximum atomic E-state index is 11.8. The van der Waals surface area contributed by atoms with E-state index in [1.807, 2.05) is 6.92 Å². The van der Waals surface area contributed by atoms with Crippen LogP contribution in [0.2, 0.25) is 0 Å². The zero-order valence-corrected chi connectivity index (χ0v) is 12.1. The molecule has 18 heavy (non-hydrogen) atoms. The normalized spacial score (nSPS) is 20.4. The first-order valence-corrected chi connectivity index (χ1v) is 7.24. The summed E-state index contributed by atoms with van der Waals surface area (Å²) in [6.07, 6.45) is 3.06. The zero-order chi connectivity index (χ0) is 13.4. The molecule has 0 spiro atoms. The molecular weight excluding hydrogens is 228 g/mol. The van der Waals surface area contributed by atoms with Crippen LogP contribution in [0.5, 0.6) is 0 Å². The van der Waals surface area contributed by atoms with Crippen molar-refractivity contribution in [2.75, 3.05) is 32.8 Å². The van der Waals surface area contributed by atoms with Crippen molar-refractivity contribution < 1.29 is 9.53 Å². The summed E-state index contributed by atoms with van der Waals surface area (Å²) >= 11 is 0. The lowest BCUT2D eigenvalue weighted by atomic mass is 10.0. The second kappa shape index (κ2) is 8.48. The van der Waals surface area contributed by atoms with Gasteiger partial charge >= 0.3 is 0 Å². The highest BCUT2D eigenvalue weighted by Crippen LogP contribution is 2.06. The van der Waals surface area contributed by atoms with Crippen LogP contribution < -0.4 is 5.32 Å². The highest BCUT2D eigenvalue weighted by Gasteiger charge is 2.16. The van der Waals surface area contributed by atoms with Gasteiger partial charge in [0.1, 0.15) is 0 Å². The van der Waals surface area contributed by atoms with Crippen molar-refractivity contribution in [1.82, 2.24) is 10.2 Å². The van der Waals surface area contributed by atoms with E-state index in [-0.39, 0.29) is 17.9 Å². The van der Waals surface area contributed by atoms with Gasteiger partial charge in [0.15, 0.2) is 0 Å². The van der Waals surface area contributed by atoms with Crippen molar-refractivity contribution in [2.24, 2.45) is 5.92 Å². The smallest absolute Gasteiger partial charge is 0.223 e. The molecule has 1 rings (SSSR count). The monoisotopic (exact) mass is 256 g/mol. The molecular formula is C14H28N2O2. The molecule has 0 aliphatic carbocycles. The van der Waals surface area contributed by atoms with Gasteiger partial charge in [0.2, 0.25) is 5.91 Å².